The van der Waals surface area contributed by atoms with E-state index in [1.807, 2.05) is 0 Å². The predicted octanol–water partition coefficient (Wildman–Crippen LogP) is 22.4. The lowest BCUT2D eigenvalue weighted by molar-refractivity contribution is 1.16. The molecular formula is C82H59NS. The minimum atomic E-state index is -1.36. The van der Waals surface area contributed by atoms with Crippen LogP contribution < -0.4 is 0 Å². The van der Waals surface area contributed by atoms with Crippen molar-refractivity contribution in [1.29, 1.82) is 0 Å². The summed E-state index contributed by atoms with van der Waals surface area (Å²) in [6.07, 6.45) is 24.9. The molecule has 1 aliphatic heterocycles. The van der Waals surface area contributed by atoms with Gasteiger partial charge in [0.15, 0.2) is 0 Å². The molecule has 0 unspecified atom stereocenters. The standard InChI is InChI=1S/C82H59NS/c1-84(2)81-52-67(74-27-13-21-62-16-7-9-24-71(62)74)42-46-75(81)76-47-45-68(53-82(76)84)83-79-48-43-65(58-32-28-55(29-33-58)54-17-10-18-63(39-36-54)72-25-11-19-60-14-4-3-5-22-69(60)72)50-77(79)78-51-66(44-49-80(78)83)59-34-30-56(31-35-59)57-37-40-64(41-38-57)73-26-12-20-61-15-6-8-23-70(61)73/h3-13,15-16,18-53H,14,17H2,1-2H3. The minimum Gasteiger partial charge on any atom is -0.309 e. The van der Waals surface area contributed by atoms with Crippen molar-refractivity contribution in [2.24, 2.45) is 0 Å². The van der Waals surface area contributed by atoms with Crippen molar-refractivity contribution in [3.63, 3.8) is 0 Å². The van der Waals surface area contributed by atoms with Crippen LogP contribution in [0.1, 0.15) is 28.7 Å². The lowest BCUT2D eigenvalue weighted by atomic mass is 9.93. The second kappa shape index (κ2) is 20.2. The zero-order chi connectivity index (χ0) is 55.9. The van der Waals surface area contributed by atoms with Crippen molar-refractivity contribution in [2.45, 2.75) is 22.6 Å². The largest absolute Gasteiger partial charge is 0.309 e. The Morgan fingerprint density at radius 3 is 1.50 bits per heavy atom. The molecule has 0 spiro atoms. The highest BCUT2D eigenvalue weighted by Gasteiger charge is 2.33. The van der Waals surface area contributed by atoms with E-state index in [2.05, 4.69) is 314 Å². The van der Waals surface area contributed by atoms with Gasteiger partial charge in [-0.1, -0.05) is 255 Å². The van der Waals surface area contributed by atoms with E-state index in [1.54, 1.807) is 0 Å². The van der Waals surface area contributed by atoms with Gasteiger partial charge in [-0.15, -0.1) is 0 Å². The van der Waals surface area contributed by atoms with Crippen molar-refractivity contribution in [2.75, 3.05) is 12.5 Å². The van der Waals surface area contributed by atoms with E-state index in [0.29, 0.717) is 0 Å². The Labute approximate surface area is 493 Å². The molecule has 3 aliphatic rings. The molecule has 0 fully saturated rings. The number of hydrogen-bond donors (Lipinski definition) is 0. The predicted molar refractivity (Wildman–Crippen MR) is 362 cm³/mol. The maximum absolute atomic E-state index is 2.51. The Hall–Kier alpha value is -9.99. The molecule has 0 radical (unpaired) electrons. The highest BCUT2D eigenvalue weighted by molar-refractivity contribution is 8.33. The van der Waals surface area contributed by atoms with E-state index in [9.17, 15) is 0 Å². The van der Waals surface area contributed by atoms with E-state index in [4.69, 9.17) is 0 Å². The van der Waals surface area contributed by atoms with Gasteiger partial charge < -0.3 is 4.57 Å². The van der Waals surface area contributed by atoms with Gasteiger partial charge in [0, 0.05) is 26.3 Å². The third-order valence-electron chi connectivity index (χ3n) is 18.0. The van der Waals surface area contributed by atoms with Crippen LogP contribution in [0.2, 0.25) is 0 Å². The van der Waals surface area contributed by atoms with Crippen LogP contribution >= 0.6 is 10.0 Å². The molecule has 16 rings (SSSR count). The summed E-state index contributed by atoms with van der Waals surface area (Å²) in [5, 5.41) is 7.58. The fraction of sp³-hybridized carbons (Fsp3) is 0.0488. The topological polar surface area (TPSA) is 4.93 Å². The molecule has 84 heavy (non-hydrogen) atoms. The molecule has 398 valence electrons. The van der Waals surface area contributed by atoms with Gasteiger partial charge in [-0.2, -0.15) is 10.0 Å². The number of benzene rings is 12. The Bertz CT molecular complexity index is 4980. The average Bonchev–Trinajstić information content (AvgIpc) is 2.36. The fourth-order valence-corrected chi connectivity index (χ4v) is 16.2. The summed E-state index contributed by atoms with van der Waals surface area (Å²) in [7, 11) is -1.36. The maximum Gasteiger partial charge on any atom is 0.0541 e. The van der Waals surface area contributed by atoms with Gasteiger partial charge in [-0.3, -0.25) is 0 Å². The number of aromatic nitrogens is 1. The summed E-state index contributed by atoms with van der Waals surface area (Å²) in [6.45, 7) is 0. The van der Waals surface area contributed by atoms with Crippen LogP contribution in [0.25, 0.3) is 133 Å². The molecule has 1 nitrogen and oxygen atoms in total. The van der Waals surface area contributed by atoms with Crippen molar-refractivity contribution in [3.05, 3.63) is 314 Å². The SMILES string of the molecule is CS1(C)c2cc(-c3cccc4ccccc34)ccc2-c2ccc(-n3c4ccc(-c5ccc(C6=CC=C(c7cccc8c7C=CC=CC8)C=CC6)cc5)cc4c4cc(-c5ccc(-c6ccc(-c7cccc8ccccc78)cc6)cc5)ccc43)cc21. The van der Waals surface area contributed by atoms with Crippen LogP contribution in [0.4, 0.5) is 0 Å². The number of fused-ring (bicyclic) bond motifs is 9. The second-order valence-corrected chi connectivity index (χ2v) is 26.6. The third kappa shape index (κ3) is 8.47. The highest BCUT2D eigenvalue weighted by atomic mass is 32.3. The third-order valence-corrected chi connectivity index (χ3v) is 20.9. The van der Waals surface area contributed by atoms with E-state index >= 15 is 0 Å². The number of rotatable bonds is 8. The first-order valence-electron chi connectivity index (χ1n) is 29.3. The van der Waals surface area contributed by atoms with E-state index in [-0.39, 0.29) is 0 Å². The molecule has 0 N–H and O–H groups in total. The Balaban J connectivity index is 0.761. The molecule has 0 atom stereocenters. The first-order chi connectivity index (χ1) is 41.4. The lowest BCUT2D eigenvalue weighted by Gasteiger charge is -2.29. The molecule has 0 amide bonds. The van der Waals surface area contributed by atoms with E-state index < -0.39 is 10.0 Å². The molecule has 2 heterocycles. The molecule has 0 bridgehead atoms. The monoisotopic (exact) mass is 1090 g/mol. The Kier molecular flexibility index (Phi) is 12.0. The van der Waals surface area contributed by atoms with Gasteiger partial charge in [0.1, 0.15) is 0 Å². The zero-order valence-corrected chi connectivity index (χ0v) is 47.9. The van der Waals surface area contributed by atoms with Gasteiger partial charge in [-0.05, 0) is 190 Å². The second-order valence-electron chi connectivity index (χ2n) is 23.1. The molecule has 13 aromatic rings. The van der Waals surface area contributed by atoms with Crippen molar-refractivity contribution in [3.8, 4) is 72.4 Å². The summed E-state index contributed by atoms with van der Waals surface area (Å²) in [5.74, 6) is 0. The van der Waals surface area contributed by atoms with Gasteiger partial charge in [0.25, 0.3) is 0 Å². The number of hydrogen-bond acceptors (Lipinski definition) is 0. The molecule has 0 saturated carbocycles. The molecule has 0 saturated heterocycles. The van der Waals surface area contributed by atoms with Crippen LogP contribution in [0.5, 0.6) is 0 Å². The number of nitrogens with zero attached hydrogens (tertiary/aromatic N) is 1. The number of allylic oxidation sites excluding steroid dienone is 9. The smallest absolute Gasteiger partial charge is 0.0541 e. The van der Waals surface area contributed by atoms with E-state index in [1.165, 1.54) is 159 Å². The van der Waals surface area contributed by atoms with Crippen LogP contribution in [-0.4, -0.2) is 17.1 Å². The molecular weight excluding hydrogens is 1030 g/mol. The summed E-state index contributed by atoms with van der Waals surface area (Å²) in [5.41, 5.74) is 26.3. The Morgan fingerprint density at radius 2 is 0.845 bits per heavy atom. The molecule has 1 aromatic heterocycles. The highest BCUT2D eigenvalue weighted by Crippen LogP contribution is 2.68. The molecule has 2 aliphatic carbocycles. The van der Waals surface area contributed by atoms with Gasteiger partial charge >= 0.3 is 0 Å². The van der Waals surface area contributed by atoms with Crippen molar-refractivity contribution in [1.82, 2.24) is 4.57 Å². The summed E-state index contributed by atoms with van der Waals surface area (Å²) < 4.78 is 2.51. The summed E-state index contributed by atoms with van der Waals surface area (Å²) in [4.78, 5) is 2.89. The lowest BCUT2D eigenvalue weighted by Crippen LogP contribution is -1.97. The van der Waals surface area contributed by atoms with E-state index in [0.717, 1.165) is 12.8 Å². The summed E-state index contributed by atoms with van der Waals surface area (Å²) >= 11 is 0. The van der Waals surface area contributed by atoms with Crippen LogP contribution in [0.15, 0.2) is 301 Å². The molecule has 2 heteroatoms. The van der Waals surface area contributed by atoms with Crippen LogP contribution in [-0.2, 0) is 6.42 Å². The molecule has 12 aromatic carbocycles. The average molecular weight is 1090 g/mol. The van der Waals surface area contributed by atoms with Gasteiger partial charge in [0.2, 0.25) is 0 Å². The van der Waals surface area contributed by atoms with Gasteiger partial charge in [0.05, 0.1) is 11.0 Å². The van der Waals surface area contributed by atoms with Crippen LogP contribution in [0.3, 0.4) is 0 Å². The first kappa shape index (κ1) is 49.8. The zero-order valence-electron chi connectivity index (χ0n) is 47.1. The fourth-order valence-electron chi connectivity index (χ4n) is 13.6. The van der Waals surface area contributed by atoms with Gasteiger partial charge in [-0.25, -0.2) is 0 Å². The Morgan fingerprint density at radius 1 is 0.333 bits per heavy atom. The van der Waals surface area contributed by atoms with Crippen molar-refractivity contribution < 1.29 is 0 Å². The minimum absolute atomic E-state index is 0.877. The summed E-state index contributed by atoms with van der Waals surface area (Å²) in [6, 6.07) is 93.4. The van der Waals surface area contributed by atoms with Crippen molar-refractivity contribution >= 4 is 70.6 Å². The quantitative estimate of drug-likeness (QED) is 0.143. The first-order valence-corrected chi connectivity index (χ1v) is 31.7. The normalized spacial score (nSPS) is 14.5. The maximum atomic E-state index is 2.51. The van der Waals surface area contributed by atoms with Crippen LogP contribution in [0, 0.1) is 0 Å².